The summed E-state index contributed by atoms with van der Waals surface area (Å²) in [6, 6.07) is 4.33. The van der Waals surface area contributed by atoms with E-state index in [1.54, 1.807) is 0 Å². The zero-order chi connectivity index (χ0) is 10.5. The van der Waals surface area contributed by atoms with Gasteiger partial charge in [-0.3, -0.25) is 0 Å². The molecule has 15 heavy (non-hydrogen) atoms. The molecule has 0 saturated carbocycles. The second-order valence-corrected chi connectivity index (χ2v) is 6.69. The Morgan fingerprint density at radius 2 is 2.40 bits per heavy atom. The van der Waals surface area contributed by atoms with Crippen molar-refractivity contribution in [3.05, 3.63) is 19.9 Å². The van der Waals surface area contributed by atoms with Crippen LogP contribution in [0.2, 0.25) is 0 Å². The van der Waals surface area contributed by atoms with Crippen LogP contribution >= 0.6 is 33.9 Å². The van der Waals surface area contributed by atoms with Gasteiger partial charge in [-0.2, -0.15) is 0 Å². The Kier molecular flexibility index (Phi) is 4.87. The highest BCUT2D eigenvalue weighted by molar-refractivity contribution is 14.1. The molecule has 0 amide bonds. The SMILES string of the molecule is Ic1ccc(CCOC2CCCCO2)s1. The average molecular weight is 338 g/mol. The molecule has 0 spiro atoms. The first kappa shape index (κ1) is 11.8. The van der Waals surface area contributed by atoms with E-state index >= 15 is 0 Å². The molecule has 1 aromatic heterocycles. The molecule has 0 radical (unpaired) electrons. The monoisotopic (exact) mass is 338 g/mol. The molecule has 0 aromatic carbocycles. The van der Waals surface area contributed by atoms with Crippen LogP contribution in [0.25, 0.3) is 0 Å². The lowest BCUT2D eigenvalue weighted by Gasteiger charge is -2.22. The highest BCUT2D eigenvalue weighted by Crippen LogP contribution is 2.19. The number of ether oxygens (including phenoxy) is 2. The zero-order valence-electron chi connectivity index (χ0n) is 8.58. The molecule has 1 unspecified atom stereocenters. The van der Waals surface area contributed by atoms with Crippen LogP contribution in [0.15, 0.2) is 12.1 Å². The van der Waals surface area contributed by atoms with Crippen molar-refractivity contribution in [3.63, 3.8) is 0 Å². The van der Waals surface area contributed by atoms with Gasteiger partial charge >= 0.3 is 0 Å². The van der Waals surface area contributed by atoms with E-state index in [-0.39, 0.29) is 6.29 Å². The number of hydrogen-bond acceptors (Lipinski definition) is 3. The molecule has 1 fully saturated rings. The predicted octanol–water partition coefficient (Wildman–Crippen LogP) is 3.44. The molecule has 1 aromatic rings. The van der Waals surface area contributed by atoms with Crippen molar-refractivity contribution in [1.29, 1.82) is 0 Å². The fourth-order valence-corrected chi connectivity index (χ4v) is 3.36. The number of thiophene rings is 1. The van der Waals surface area contributed by atoms with Gasteiger partial charge in [-0.25, -0.2) is 0 Å². The third-order valence-electron chi connectivity index (χ3n) is 2.42. The van der Waals surface area contributed by atoms with Crippen molar-refractivity contribution in [2.45, 2.75) is 32.0 Å². The Morgan fingerprint density at radius 3 is 3.07 bits per heavy atom. The van der Waals surface area contributed by atoms with E-state index in [0.717, 1.165) is 26.1 Å². The van der Waals surface area contributed by atoms with E-state index in [1.807, 2.05) is 11.3 Å². The third kappa shape index (κ3) is 4.01. The standard InChI is InChI=1S/C11H15IO2S/c12-10-5-4-9(15-10)6-8-14-11-3-1-2-7-13-11/h4-5,11H,1-3,6-8H2. The first-order valence-corrected chi connectivity index (χ1v) is 7.21. The Labute approximate surface area is 108 Å². The Bertz CT molecular complexity index is 295. The van der Waals surface area contributed by atoms with Crippen LogP contribution in [-0.4, -0.2) is 19.5 Å². The Hall–Kier alpha value is 0.350. The van der Waals surface area contributed by atoms with Crippen LogP contribution in [0.5, 0.6) is 0 Å². The molecule has 1 saturated heterocycles. The summed E-state index contributed by atoms with van der Waals surface area (Å²) in [7, 11) is 0. The summed E-state index contributed by atoms with van der Waals surface area (Å²) in [5.74, 6) is 0. The second kappa shape index (κ2) is 6.18. The molecule has 0 aliphatic carbocycles. The number of hydrogen-bond donors (Lipinski definition) is 0. The molecular weight excluding hydrogens is 323 g/mol. The Balaban J connectivity index is 1.65. The van der Waals surface area contributed by atoms with Crippen molar-refractivity contribution >= 4 is 33.9 Å². The maximum Gasteiger partial charge on any atom is 0.157 e. The topological polar surface area (TPSA) is 18.5 Å². The van der Waals surface area contributed by atoms with Crippen LogP contribution < -0.4 is 0 Å². The summed E-state index contributed by atoms with van der Waals surface area (Å²) in [5, 5.41) is 0. The van der Waals surface area contributed by atoms with Gasteiger partial charge < -0.3 is 9.47 Å². The van der Waals surface area contributed by atoms with E-state index in [2.05, 4.69) is 34.7 Å². The predicted molar refractivity (Wildman–Crippen MR) is 70.3 cm³/mol. The smallest absolute Gasteiger partial charge is 0.157 e. The fraction of sp³-hybridized carbons (Fsp3) is 0.636. The number of halogens is 1. The first-order chi connectivity index (χ1) is 7.34. The average Bonchev–Trinajstić information content (AvgIpc) is 2.66. The molecule has 4 heteroatoms. The zero-order valence-corrected chi connectivity index (χ0v) is 11.6. The van der Waals surface area contributed by atoms with Crippen LogP contribution in [0.4, 0.5) is 0 Å². The van der Waals surface area contributed by atoms with Gasteiger partial charge in [-0.05, 0) is 54.0 Å². The summed E-state index contributed by atoms with van der Waals surface area (Å²) < 4.78 is 12.5. The lowest BCUT2D eigenvalue weighted by atomic mass is 10.2. The molecule has 2 nitrogen and oxygen atoms in total. The molecule has 0 N–H and O–H groups in total. The van der Waals surface area contributed by atoms with Gasteiger partial charge in [0.1, 0.15) is 0 Å². The van der Waals surface area contributed by atoms with Gasteiger partial charge in [0.25, 0.3) is 0 Å². The van der Waals surface area contributed by atoms with Gasteiger partial charge in [0.05, 0.1) is 9.49 Å². The fourth-order valence-electron chi connectivity index (χ4n) is 1.62. The maximum absolute atomic E-state index is 5.68. The van der Waals surface area contributed by atoms with E-state index in [0.29, 0.717) is 0 Å². The lowest BCUT2D eigenvalue weighted by molar-refractivity contribution is -0.161. The summed E-state index contributed by atoms with van der Waals surface area (Å²) in [6.07, 6.45) is 4.54. The lowest BCUT2D eigenvalue weighted by Crippen LogP contribution is -2.23. The van der Waals surface area contributed by atoms with Crippen LogP contribution in [-0.2, 0) is 15.9 Å². The van der Waals surface area contributed by atoms with Gasteiger partial charge in [-0.1, -0.05) is 0 Å². The van der Waals surface area contributed by atoms with Gasteiger partial charge in [0, 0.05) is 17.9 Å². The normalized spacial score (nSPS) is 21.8. The maximum atomic E-state index is 5.68. The van der Waals surface area contributed by atoms with Crippen LogP contribution in [0.3, 0.4) is 0 Å². The number of rotatable bonds is 4. The molecule has 1 aliphatic heterocycles. The molecule has 84 valence electrons. The molecule has 2 rings (SSSR count). The van der Waals surface area contributed by atoms with E-state index in [1.165, 1.54) is 20.6 Å². The van der Waals surface area contributed by atoms with Crippen molar-refractivity contribution in [3.8, 4) is 0 Å². The molecular formula is C11H15IO2S. The first-order valence-electron chi connectivity index (χ1n) is 5.32. The van der Waals surface area contributed by atoms with E-state index in [4.69, 9.17) is 9.47 Å². The molecule has 0 bridgehead atoms. The van der Waals surface area contributed by atoms with Crippen LogP contribution in [0, 0.1) is 2.88 Å². The van der Waals surface area contributed by atoms with Crippen molar-refractivity contribution in [1.82, 2.24) is 0 Å². The largest absolute Gasteiger partial charge is 0.353 e. The van der Waals surface area contributed by atoms with Crippen molar-refractivity contribution in [2.75, 3.05) is 13.2 Å². The third-order valence-corrected chi connectivity index (χ3v) is 4.37. The Morgan fingerprint density at radius 1 is 1.47 bits per heavy atom. The quantitative estimate of drug-likeness (QED) is 0.783. The van der Waals surface area contributed by atoms with Crippen LogP contribution in [0.1, 0.15) is 24.1 Å². The van der Waals surface area contributed by atoms with Crippen molar-refractivity contribution in [2.24, 2.45) is 0 Å². The second-order valence-electron chi connectivity index (χ2n) is 3.62. The van der Waals surface area contributed by atoms with Crippen molar-refractivity contribution < 1.29 is 9.47 Å². The minimum absolute atomic E-state index is 0.0535. The molecule has 2 heterocycles. The highest BCUT2D eigenvalue weighted by Gasteiger charge is 2.13. The molecule has 1 atom stereocenters. The highest BCUT2D eigenvalue weighted by atomic mass is 127. The van der Waals surface area contributed by atoms with E-state index in [9.17, 15) is 0 Å². The summed E-state index contributed by atoms with van der Waals surface area (Å²) >= 11 is 4.19. The van der Waals surface area contributed by atoms with Gasteiger partial charge in [0.15, 0.2) is 6.29 Å². The summed E-state index contributed by atoms with van der Waals surface area (Å²) in [6.45, 7) is 1.64. The van der Waals surface area contributed by atoms with E-state index < -0.39 is 0 Å². The summed E-state index contributed by atoms with van der Waals surface area (Å²) in [4.78, 5) is 1.40. The van der Waals surface area contributed by atoms with Gasteiger partial charge in [0.2, 0.25) is 0 Å². The van der Waals surface area contributed by atoms with Gasteiger partial charge in [-0.15, -0.1) is 11.3 Å². The minimum atomic E-state index is 0.0535. The molecule has 1 aliphatic rings. The minimum Gasteiger partial charge on any atom is -0.353 e. The summed E-state index contributed by atoms with van der Waals surface area (Å²) in [5.41, 5.74) is 0.